The van der Waals surface area contributed by atoms with Gasteiger partial charge in [0.2, 0.25) is 0 Å². The monoisotopic (exact) mass is 738 g/mol. The second-order valence-corrected chi connectivity index (χ2v) is 13.4. The number of rotatable bonds is 19. The van der Waals surface area contributed by atoms with Gasteiger partial charge in [0, 0.05) is 13.1 Å². The van der Waals surface area contributed by atoms with E-state index in [0.717, 1.165) is 50.1 Å². The molecule has 2 atom stereocenters. The molecule has 6 N–H and O–H groups in total. The van der Waals surface area contributed by atoms with Gasteiger partial charge in [-0.05, 0) is 107 Å². The van der Waals surface area contributed by atoms with Gasteiger partial charge in [0.05, 0.1) is 13.2 Å². The highest BCUT2D eigenvalue weighted by Gasteiger charge is 2.24. The third-order valence-corrected chi connectivity index (χ3v) is 9.22. The van der Waals surface area contributed by atoms with Gasteiger partial charge in [-0.2, -0.15) is 0 Å². The zero-order valence-electron chi connectivity index (χ0n) is 30.2. The first-order valence-electron chi connectivity index (χ1n) is 17.6. The number of esters is 1. The second kappa shape index (κ2) is 20.4. The zero-order valence-corrected chi connectivity index (χ0v) is 31.0. The number of carbonyl (C=O) groups excluding carboxylic acids is 3. The second-order valence-electron chi connectivity index (χ2n) is 13.1. The van der Waals surface area contributed by atoms with Crippen LogP contribution in [0.15, 0.2) is 48.5 Å². The third-order valence-electron chi connectivity index (χ3n) is 8.94. The minimum Gasteiger partial charge on any atom is -0.484 e. The van der Waals surface area contributed by atoms with Gasteiger partial charge >= 0.3 is 5.97 Å². The predicted octanol–water partition coefficient (Wildman–Crippen LogP) is 3.81. The molecule has 1 aliphatic heterocycles. The molecular weight excluding hydrogens is 688 g/mol. The smallest absolute Gasteiger partial charge is 0.343 e. The number of ether oxygens (including phenoxy) is 3. The molecular formula is C37H51ClN8O6. The van der Waals surface area contributed by atoms with Crippen LogP contribution < -0.4 is 31.6 Å². The van der Waals surface area contributed by atoms with Crippen molar-refractivity contribution in [1.82, 2.24) is 30.4 Å². The fourth-order valence-electron chi connectivity index (χ4n) is 5.98. The molecule has 1 aliphatic rings. The summed E-state index contributed by atoms with van der Waals surface area (Å²) in [7, 11) is 5.20. The molecule has 14 nitrogen and oxygen atoms in total. The number of benzene rings is 2. The summed E-state index contributed by atoms with van der Waals surface area (Å²) in [5.41, 5.74) is 13.6. The molecule has 3 aromatic rings. The molecule has 0 bridgehead atoms. The number of likely N-dealkylation sites (tertiary alicyclic amines) is 1. The van der Waals surface area contributed by atoms with Gasteiger partial charge in [-0.1, -0.05) is 42.3 Å². The van der Waals surface area contributed by atoms with Gasteiger partial charge < -0.3 is 46.1 Å². The number of nitrogen functional groups attached to an aromatic ring is 2. The van der Waals surface area contributed by atoms with Crippen molar-refractivity contribution >= 4 is 41.0 Å². The number of anilines is 2. The molecule has 2 aromatic carbocycles. The van der Waals surface area contributed by atoms with Crippen LogP contribution in [-0.2, 0) is 14.3 Å². The van der Waals surface area contributed by atoms with Gasteiger partial charge in [0.15, 0.2) is 35.7 Å². The molecule has 0 aliphatic carbocycles. The van der Waals surface area contributed by atoms with E-state index in [-0.39, 0.29) is 47.5 Å². The molecule has 1 saturated heterocycles. The van der Waals surface area contributed by atoms with Crippen LogP contribution in [0.25, 0.3) is 0 Å². The van der Waals surface area contributed by atoms with Crippen LogP contribution in [0.3, 0.4) is 0 Å². The number of amides is 2. The predicted molar refractivity (Wildman–Crippen MR) is 200 cm³/mol. The molecule has 0 spiro atoms. The molecule has 2 heterocycles. The number of halogens is 1. The van der Waals surface area contributed by atoms with E-state index >= 15 is 0 Å². The van der Waals surface area contributed by atoms with E-state index in [1.54, 1.807) is 12.1 Å². The number of nitrogens with zero attached hydrogens (tertiary/aromatic N) is 4. The molecule has 0 radical (unpaired) electrons. The molecule has 0 saturated carbocycles. The number of likely N-dealkylation sites (N-methyl/N-ethyl adjacent to an activating group) is 1. The number of nitrogens with one attached hydrogen (secondary N) is 2. The maximum absolute atomic E-state index is 13.6. The maximum Gasteiger partial charge on any atom is 0.343 e. The Bertz CT molecular complexity index is 1600. The van der Waals surface area contributed by atoms with E-state index in [1.165, 1.54) is 26.4 Å². The van der Waals surface area contributed by atoms with Crippen molar-refractivity contribution in [2.24, 2.45) is 0 Å². The molecule has 52 heavy (non-hydrogen) atoms. The molecule has 282 valence electrons. The summed E-state index contributed by atoms with van der Waals surface area (Å²) in [6.07, 6.45) is 5.88. The van der Waals surface area contributed by atoms with Crippen molar-refractivity contribution in [3.63, 3.8) is 0 Å². The van der Waals surface area contributed by atoms with Crippen LogP contribution in [0.2, 0.25) is 5.15 Å². The Balaban J connectivity index is 1.52. The van der Waals surface area contributed by atoms with Crippen molar-refractivity contribution in [2.75, 3.05) is 78.6 Å². The average Bonchev–Trinajstić information content (AvgIpc) is 3.14. The molecule has 2 unspecified atom stereocenters. The lowest BCUT2D eigenvalue weighted by atomic mass is 9.87. The number of nitrogens with two attached hydrogens (primary N) is 2. The van der Waals surface area contributed by atoms with Crippen molar-refractivity contribution < 1.29 is 28.6 Å². The Labute approximate surface area is 310 Å². The summed E-state index contributed by atoms with van der Waals surface area (Å²) in [6.45, 7) is 4.09. The lowest BCUT2D eigenvalue weighted by Crippen LogP contribution is -2.34. The van der Waals surface area contributed by atoms with Crippen molar-refractivity contribution in [3.8, 4) is 11.5 Å². The van der Waals surface area contributed by atoms with Crippen molar-refractivity contribution in [1.29, 1.82) is 0 Å². The number of methoxy groups -OCH3 is 1. The topological polar surface area (TPSA) is 187 Å². The summed E-state index contributed by atoms with van der Waals surface area (Å²) in [4.78, 5) is 50.0. The van der Waals surface area contributed by atoms with E-state index in [2.05, 4.69) is 30.2 Å². The quantitative estimate of drug-likeness (QED) is 0.131. The minimum absolute atomic E-state index is 0.0625. The largest absolute Gasteiger partial charge is 0.484 e. The number of carbonyl (C=O) groups is 3. The summed E-state index contributed by atoms with van der Waals surface area (Å²) in [6, 6.07) is 14.6. The average molecular weight is 739 g/mol. The highest BCUT2D eigenvalue weighted by Crippen LogP contribution is 2.32. The van der Waals surface area contributed by atoms with Gasteiger partial charge in [0.1, 0.15) is 11.5 Å². The zero-order chi connectivity index (χ0) is 37.5. The normalized spacial score (nSPS) is 14.3. The first kappa shape index (κ1) is 40.1. The molecule has 1 aromatic heterocycles. The van der Waals surface area contributed by atoms with E-state index in [1.807, 2.05) is 55.4 Å². The van der Waals surface area contributed by atoms with Crippen LogP contribution >= 0.6 is 11.6 Å². The summed E-state index contributed by atoms with van der Waals surface area (Å²) in [5.74, 6) is -0.146. The third kappa shape index (κ3) is 12.8. The molecule has 4 rings (SSSR count). The Hall–Kier alpha value is -4.66. The Morgan fingerprint density at radius 1 is 0.865 bits per heavy atom. The van der Waals surface area contributed by atoms with E-state index in [0.29, 0.717) is 24.5 Å². The van der Waals surface area contributed by atoms with Crippen LogP contribution in [0.4, 0.5) is 11.6 Å². The van der Waals surface area contributed by atoms with Crippen LogP contribution in [0.5, 0.6) is 11.5 Å². The van der Waals surface area contributed by atoms with Crippen molar-refractivity contribution in [3.05, 3.63) is 70.5 Å². The Morgan fingerprint density at radius 3 is 2.13 bits per heavy atom. The first-order valence-corrected chi connectivity index (χ1v) is 18.0. The molecule has 2 amide bonds. The van der Waals surface area contributed by atoms with Crippen LogP contribution in [0, 0.1) is 0 Å². The maximum atomic E-state index is 13.6. The Morgan fingerprint density at radius 2 is 1.50 bits per heavy atom. The molecule has 1 fully saturated rings. The highest BCUT2D eigenvalue weighted by molar-refractivity contribution is 6.31. The minimum atomic E-state index is -0.538. The van der Waals surface area contributed by atoms with E-state index in [9.17, 15) is 14.4 Å². The van der Waals surface area contributed by atoms with Gasteiger partial charge in [-0.3, -0.25) is 9.59 Å². The SMILES string of the molecule is COC(=O)COc1ccc(C(CCC(NC(=O)c2nc(Cl)c(N)nc2N)c2ccc(OCC(=O)NCCN(C)C)cc2)CCN2CCCCC2)cc1. The number of aromatic nitrogens is 2. The van der Waals surface area contributed by atoms with E-state index in [4.69, 9.17) is 32.5 Å². The number of hydrogen-bond donors (Lipinski definition) is 4. The lowest BCUT2D eigenvalue weighted by molar-refractivity contribution is -0.142. The van der Waals surface area contributed by atoms with Gasteiger partial charge in [-0.25, -0.2) is 14.8 Å². The van der Waals surface area contributed by atoms with Gasteiger partial charge in [0.25, 0.3) is 11.8 Å². The first-order chi connectivity index (χ1) is 25.0. The standard InChI is InChI=1S/C37H51ClN8O6/c1-45(2)22-18-41-31(47)23-51-28-14-9-27(10-15-28)30(42-37(49)33-35(39)44-36(40)34(38)43-33)16-11-26(17-21-46-19-5-4-6-20-46)25-7-12-29(13-8-25)52-24-32(48)50-3/h7-10,12-15,26,30H,4-6,11,16-24H2,1-3H3,(H,41,47)(H,42,49)(H4,39,40,44). The number of hydrogen-bond acceptors (Lipinski definition) is 12. The van der Waals surface area contributed by atoms with Crippen LogP contribution in [0.1, 0.15) is 72.1 Å². The summed E-state index contributed by atoms with van der Waals surface area (Å²) in [5, 5.41) is 5.81. The fourth-order valence-corrected chi connectivity index (χ4v) is 6.10. The Kier molecular flexibility index (Phi) is 15.7. The summed E-state index contributed by atoms with van der Waals surface area (Å²) >= 11 is 6.10. The fraction of sp³-hybridized carbons (Fsp3) is 0.486. The summed E-state index contributed by atoms with van der Waals surface area (Å²) < 4.78 is 16.0. The van der Waals surface area contributed by atoms with Crippen LogP contribution in [-0.4, -0.2) is 105 Å². The highest BCUT2D eigenvalue weighted by atomic mass is 35.5. The van der Waals surface area contributed by atoms with Crippen molar-refractivity contribution in [2.45, 2.75) is 50.5 Å². The molecule has 15 heteroatoms. The van der Waals surface area contributed by atoms with E-state index < -0.39 is 17.9 Å². The lowest BCUT2D eigenvalue weighted by Gasteiger charge is -2.29. The van der Waals surface area contributed by atoms with Gasteiger partial charge in [-0.15, -0.1) is 0 Å². The number of piperidine rings is 1.